The van der Waals surface area contributed by atoms with E-state index in [4.69, 9.17) is 4.74 Å². The first-order valence-electron chi connectivity index (χ1n) is 6.65. The van der Waals surface area contributed by atoms with Crippen molar-refractivity contribution < 1.29 is 29.0 Å². The van der Waals surface area contributed by atoms with Crippen molar-refractivity contribution in [2.75, 3.05) is 19.6 Å². The minimum absolute atomic E-state index is 0.0694. The Morgan fingerprint density at radius 3 is 2.04 bits per heavy atom. The number of rotatable bonds is 8. The first kappa shape index (κ1) is 18.0. The first-order chi connectivity index (χ1) is 11.0. The molecule has 1 aromatic carbocycles. The summed E-state index contributed by atoms with van der Waals surface area (Å²) in [6.45, 7) is -1.35. The van der Waals surface area contributed by atoms with Crippen molar-refractivity contribution in [1.29, 1.82) is 0 Å². The third kappa shape index (κ3) is 8.71. The van der Waals surface area contributed by atoms with Crippen LogP contribution >= 0.6 is 0 Å². The quantitative estimate of drug-likeness (QED) is 0.501. The molecule has 1 aromatic rings. The lowest BCUT2D eigenvalue weighted by Gasteiger charge is -2.08. The number of hydrogen-bond donors (Lipinski definition) is 3. The van der Waals surface area contributed by atoms with Crippen molar-refractivity contribution in [2.45, 2.75) is 6.61 Å². The molecule has 9 heteroatoms. The van der Waals surface area contributed by atoms with E-state index in [0.717, 1.165) is 5.56 Å². The largest absolute Gasteiger partial charge is 0.548 e. The third-order valence-corrected chi connectivity index (χ3v) is 2.48. The lowest BCUT2D eigenvalue weighted by atomic mass is 10.2. The zero-order valence-corrected chi connectivity index (χ0v) is 12.2. The summed E-state index contributed by atoms with van der Waals surface area (Å²) in [5, 5.41) is 16.5. The summed E-state index contributed by atoms with van der Waals surface area (Å²) in [5.41, 5.74) is 0.802. The molecule has 0 fully saturated rings. The number of aliphatic carboxylic acids is 1. The highest BCUT2D eigenvalue weighted by Crippen LogP contribution is 2.00. The molecule has 23 heavy (non-hydrogen) atoms. The Hall–Kier alpha value is -3.10. The predicted octanol–water partition coefficient (Wildman–Crippen LogP) is -2.10. The van der Waals surface area contributed by atoms with Crippen molar-refractivity contribution >= 4 is 23.9 Å². The van der Waals surface area contributed by atoms with Gasteiger partial charge in [0.05, 0.1) is 19.1 Å². The van der Waals surface area contributed by atoms with Gasteiger partial charge >= 0.3 is 6.09 Å². The van der Waals surface area contributed by atoms with E-state index >= 15 is 0 Å². The Bertz CT molecular complexity index is 561. The van der Waals surface area contributed by atoms with Gasteiger partial charge in [-0.15, -0.1) is 0 Å². The van der Waals surface area contributed by atoms with Crippen LogP contribution in [0.15, 0.2) is 30.3 Å². The summed E-state index contributed by atoms with van der Waals surface area (Å²) in [6.07, 6.45) is -0.773. The molecule has 0 heterocycles. The molecule has 0 radical (unpaired) electrons. The molecular formula is C14H16N3O6-. The summed E-state index contributed by atoms with van der Waals surface area (Å²) in [5.74, 6) is -2.74. The van der Waals surface area contributed by atoms with Crippen molar-refractivity contribution in [2.24, 2.45) is 0 Å². The zero-order chi connectivity index (χ0) is 17.1. The minimum Gasteiger partial charge on any atom is -0.548 e. The lowest BCUT2D eigenvalue weighted by molar-refractivity contribution is -0.304. The number of hydrogen-bond acceptors (Lipinski definition) is 6. The Balaban J connectivity index is 2.14. The van der Waals surface area contributed by atoms with Gasteiger partial charge < -0.3 is 30.6 Å². The molecule has 1 rings (SSSR count). The molecule has 0 saturated carbocycles. The molecule has 0 aliphatic heterocycles. The molecule has 0 aromatic heterocycles. The lowest BCUT2D eigenvalue weighted by Crippen LogP contribution is -2.44. The van der Waals surface area contributed by atoms with E-state index in [9.17, 15) is 24.3 Å². The topological polar surface area (TPSA) is 137 Å². The van der Waals surface area contributed by atoms with Crippen LogP contribution in [0, 0.1) is 0 Å². The van der Waals surface area contributed by atoms with Crippen LogP contribution in [0.5, 0.6) is 0 Å². The number of amides is 3. The normalized spacial score (nSPS) is 9.57. The fourth-order valence-corrected chi connectivity index (χ4v) is 1.40. The number of ether oxygens (including phenoxy) is 1. The highest BCUT2D eigenvalue weighted by Gasteiger charge is 2.08. The molecule has 0 aliphatic rings. The number of carboxylic acid groups (broad SMARTS) is 1. The molecule has 0 saturated heterocycles. The number of alkyl carbamates (subject to hydrolysis) is 1. The summed E-state index contributed by atoms with van der Waals surface area (Å²) >= 11 is 0. The van der Waals surface area contributed by atoms with Gasteiger partial charge in [0.2, 0.25) is 11.8 Å². The summed E-state index contributed by atoms with van der Waals surface area (Å²) < 4.78 is 4.89. The second-order valence-corrected chi connectivity index (χ2v) is 4.34. The average molecular weight is 322 g/mol. The molecule has 3 amide bonds. The fraction of sp³-hybridized carbons (Fsp3) is 0.286. The van der Waals surface area contributed by atoms with Gasteiger partial charge in [-0.05, 0) is 5.56 Å². The minimum atomic E-state index is -1.44. The Morgan fingerprint density at radius 2 is 1.43 bits per heavy atom. The second-order valence-electron chi connectivity index (χ2n) is 4.34. The molecule has 9 nitrogen and oxygen atoms in total. The van der Waals surface area contributed by atoms with Gasteiger partial charge in [0.1, 0.15) is 13.2 Å². The van der Waals surface area contributed by atoms with Crippen molar-refractivity contribution in [3.8, 4) is 0 Å². The maximum absolute atomic E-state index is 11.4. The second kappa shape index (κ2) is 9.77. The molecule has 124 valence electrons. The van der Waals surface area contributed by atoms with Crippen molar-refractivity contribution in [3.05, 3.63) is 35.9 Å². The van der Waals surface area contributed by atoms with Gasteiger partial charge in [0, 0.05) is 0 Å². The molecule has 0 atom stereocenters. The maximum atomic E-state index is 11.4. The van der Waals surface area contributed by atoms with Crippen LogP contribution in [0.2, 0.25) is 0 Å². The van der Waals surface area contributed by atoms with Crippen LogP contribution < -0.4 is 21.1 Å². The summed E-state index contributed by atoms with van der Waals surface area (Å²) in [6, 6.07) is 9.00. The van der Waals surface area contributed by atoms with E-state index in [-0.39, 0.29) is 13.2 Å². The monoisotopic (exact) mass is 322 g/mol. The van der Waals surface area contributed by atoms with Crippen molar-refractivity contribution in [3.63, 3.8) is 0 Å². The van der Waals surface area contributed by atoms with E-state index in [1.54, 1.807) is 24.3 Å². The Labute approximate surface area is 132 Å². The molecule has 0 spiro atoms. The molecule has 3 N–H and O–H groups in total. The molecule has 0 aliphatic carbocycles. The molecule has 0 bridgehead atoms. The smallest absolute Gasteiger partial charge is 0.407 e. The Kier molecular flexibility index (Phi) is 7.62. The summed E-state index contributed by atoms with van der Waals surface area (Å²) in [4.78, 5) is 44.0. The molecular weight excluding hydrogens is 306 g/mol. The van der Waals surface area contributed by atoms with Crippen LogP contribution in [0.4, 0.5) is 4.79 Å². The van der Waals surface area contributed by atoms with Crippen LogP contribution in [-0.4, -0.2) is 43.5 Å². The third-order valence-electron chi connectivity index (χ3n) is 2.48. The summed E-state index contributed by atoms with van der Waals surface area (Å²) in [7, 11) is 0. The van der Waals surface area contributed by atoms with Gasteiger partial charge in [-0.3, -0.25) is 9.59 Å². The van der Waals surface area contributed by atoms with Gasteiger partial charge in [0.15, 0.2) is 0 Å². The number of carboxylic acids is 1. The van der Waals surface area contributed by atoms with E-state index in [1.165, 1.54) is 0 Å². The predicted molar refractivity (Wildman–Crippen MR) is 75.7 cm³/mol. The van der Waals surface area contributed by atoms with Crippen LogP contribution in [0.1, 0.15) is 5.56 Å². The fourth-order valence-electron chi connectivity index (χ4n) is 1.40. The van der Waals surface area contributed by atoms with E-state index in [0.29, 0.717) is 0 Å². The van der Waals surface area contributed by atoms with Crippen molar-refractivity contribution in [1.82, 2.24) is 16.0 Å². The van der Waals surface area contributed by atoms with Gasteiger partial charge in [-0.25, -0.2) is 4.79 Å². The van der Waals surface area contributed by atoms with Gasteiger partial charge in [-0.2, -0.15) is 0 Å². The number of benzene rings is 1. The van der Waals surface area contributed by atoms with Gasteiger partial charge in [0.25, 0.3) is 0 Å². The number of carbonyl (C=O) groups excluding carboxylic acids is 4. The molecule has 0 unspecified atom stereocenters. The number of carbonyl (C=O) groups is 4. The SMILES string of the molecule is O=C([O-])CNC(=O)CNC(=O)CNC(=O)OCc1ccccc1. The maximum Gasteiger partial charge on any atom is 0.407 e. The number of nitrogens with one attached hydrogen (secondary N) is 3. The Morgan fingerprint density at radius 1 is 0.870 bits per heavy atom. The van der Waals surface area contributed by atoms with E-state index in [1.807, 2.05) is 11.4 Å². The highest BCUT2D eigenvalue weighted by molar-refractivity contribution is 5.88. The van der Waals surface area contributed by atoms with Gasteiger partial charge in [-0.1, -0.05) is 30.3 Å². The van der Waals surface area contributed by atoms with E-state index < -0.39 is 37.0 Å². The van der Waals surface area contributed by atoms with Crippen LogP contribution in [0.3, 0.4) is 0 Å². The van der Waals surface area contributed by atoms with Crippen LogP contribution in [0.25, 0.3) is 0 Å². The average Bonchev–Trinajstić information content (AvgIpc) is 2.55. The van der Waals surface area contributed by atoms with Crippen LogP contribution in [-0.2, 0) is 25.7 Å². The highest BCUT2D eigenvalue weighted by atomic mass is 16.5. The zero-order valence-electron chi connectivity index (χ0n) is 12.2. The van der Waals surface area contributed by atoms with E-state index in [2.05, 4.69) is 10.6 Å². The standard InChI is InChI=1S/C14H17N3O6/c18-11(16-8-13(20)21)6-15-12(19)7-17-14(22)23-9-10-4-2-1-3-5-10/h1-5H,6-9H2,(H,15,19)(H,16,18)(H,17,22)(H,20,21)/p-1. The first-order valence-corrected chi connectivity index (χ1v) is 6.65.